The monoisotopic (exact) mass is 243 g/mol. The van der Waals surface area contributed by atoms with Crippen LogP contribution in [0.25, 0.3) is 0 Å². The lowest BCUT2D eigenvalue weighted by Gasteiger charge is -2.07. The minimum absolute atomic E-state index is 0. The first-order valence-electron chi connectivity index (χ1n) is 3.29. The summed E-state index contributed by atoms with van der Waals surface area (Å²) in [4.78, 5) is 10.0. The van der Waals surface area contributed by atoms with Crippen molar-refractivity contribution in [1.82, 2.24) is 14.9 Å². The SMILES string of the molecule is CN(C)Cc1cncc(Cl)n1.Cl.Cl. The lowest BCUT2D eigenvalue weighted by molar-refractivity contribution is 0.396. The molecule has 13 heavy (non-hydrogen) atoms. The van der Waals surface area contributed by atoms with Crippen molar-refractivity contribution in [2.45, 2.75) is 6.54 Å². The van der Waals surface area contributed by atoms with Crippen LogP contribution >= 0.6 is 36.4 Å². The van der Waals surface area contributed by atoms with Gasteiger partial charge in [0.1, 0.15) is 5.15 Å². The van der Waals surface area contributed by atoms with E-state index in [2.05, 4.69) is 9.97 Å². The standard InChI is InChI=1S/C7H10ClN3.2ClH/c1-11(2)5-6-3-9-4-7(8)10-6;;/h3-4H,5H2,1-2H3;2*1H. The zero-order chi connectivity index (χ0) is 8.27. The van der Waals surface area contributed by atoms with E-state index in [1.807, 2.05) is 19.0 Å². The van der Waals surface area contributed by atoms with E-state index in [-0.39, 0.29) is 24.8 Å². The van der Waals surface area contributed by atoms with Crippen molar-refractivity contribution in [3.63, 3.8) is 0 Å². The minimum Gasteiger partial charge on any atom is -0.304 e. The molecule has 0 spiro atoms. The van der Waals surface area contributed by atoms with Crippen LogP contribution in [0.2, 0.25) is 5.15 Å². The van der Waals surface area contributed by atoms with Crippen molar-refractivity contribution < 1.29 is 0 Å². The first kappa shape index (κ1) is 15.4. The smallest absolute Gasteiger partial charge is 0.147 e. The summed E-state index contributed by atoms with van der Waals surface area (Å²) in [7, 11) is 3.95. The Morgan fingerprint density at radius 3 is 2.38 bits per heavy atom. The Morgan fingerprint density at radius 1 is 1.31 bits per heavy atom. The zero-order valence-electron chi connectivity index (χ0n) is 7.40. The fourth-order valence-corrected chi connectivity index (χ4v) is 0.945. The van der Waals surface area contributed by atoms with E-state index in [1.54, 1.807) is 6.20 Å². The fourth-order valence-electron chi connectivity index (χ4n) is 0.780. The van der Waals surface area contributed by atoms with Gasteiger partial charge in [0.2, 0.25) is 0 Å². The molecule has 1 rings (SSSR count). The van der Waals surface area contributed by atoms with Crippen LogP contribution in [0.3, 0.4) is 0 Å². The summed E-state index contributed by atoms with van der Waals surface area (Å²) in [5.41, 5.74) is 0.891. The summed E-state index contributed by atoms with van der Waals surface area (Å²) >= 11 is 5.64. The second kappa shape index (κ2) is 7.33. The average Bonchev–Trinajstić information content (AvgIpc) is 1.85. The first-order chi connectivity index (χ1) is 5.18. The van der Waals surface area contributed by atoms with Crippen molar-refractivity contribution in [2.24, 2.45) is 0 Å². The molecule has 0 radical (unpaired) electrons. The molecule has 1 aromatic heterocycles. The highest BCUT2D eigenvalue weighted by molar-refractivity contribution is 6.29. The van der Waals surface area contributed by atoms with E-state index in [0.29, 0.717) is 5.15 Å². The molecule has 0 saturated heterocycles. The molecule has 0 amide bonds. The third-order valence-corrected chi connectivity index (χ3v) is 1.32. The Balaban J connectivity index is 0. The lowest BCUT2D eigenvalue weighted by Crippen LogP contribution is -2.12. The average molecular weight is 245 g/mol. The van der Waals surface area contributed by atoms with Crippen LogP contribution < -0.4 is 0 Å². The van der Waals surface area contributed by atoms with E-state index in [9.17, 15) is 0 Å². The predicted molar refractivity (Wildman–Crippen MR) is 58.9 cm³/mol. The molecule has 76 valence electrons. The van der Waals surface area contributed by atoms with E-state index in [0.717, 1.165) is 12.2 Å². The molecule has 0 aliphatic heterocycles. The number of halogens is 3. The quantitative estimate of drug-likeness (QED) is 0.797. The van der Waals surface area contributed by atoms with E-state index in [4.69, 9.17) is 11.6 Å². The second-order valence-electron chi connectivity index (χ2n) is 2.57. The molecule has 3 nitrogen and oxygen atoms in total. The van der Waals surface area contributed by atoms with Crippen LogP contribution in [0.15, 0.2) is 12.4 Å². The highest BCUT2D eigenvalue weighted by Gasteiger charge is 1.97. The third-order valence-electron chi connectivity index (χ3n) is 1.13. The van der Waals surface area contributed by atoms with Crippen LogP contribution in [0.1, 0.15) is 5.69 Å². The number of rotatable bonds is 2. The summed E-state index contributed by atoms with van der Waals surface area (Å²) in [6, 6.07) is 0. The molecule has 6 heteroatoms. The van der Waals surface area contributed by atoms with Gasteiger partial charge in [0, 0.05) is 12.7 Å². The highest BCUT2D eigenvalue weighted by atomic mass is 35.5. The maximum absolute atomic E-state index is 5.64. The molecule has 0 fully saturated rings. The van der Waals surface area contributed by atoms with E-state index >= 15 is 0 Å². The molecule has 1 heterocycles. The Labute approximate surface area is 95.3 Å². The van der Waals surface area contributed by atoms with Crippen molar-refractivity contribution in [2.75, 3.05) is 14.1 Å². The van der Waals surface area contributed by atoms with Crippen LogP contribution in [-0.2, 0) is 6.54 Å². The third kappa shape index (κ3) is 6.05. The van der Waals surface area contributed by atoms with Crippen molar-refractivity contribution in [3.05, 3.63) is 23.2 Å². The van der Waals surface area contributed by atoms with Crippen molar-refractivity contribution in [3.8, 4) is 0 Å². The van der Waals surface area contributed by atoms with Gasteiger partial charge in [-0.1, -0.05) is 11.6 Å². The molecule has 0 unspecified atom stereocenters. The van der Waals surface area contributed by atoms with Crippen molar-refractivity contribution >= 4 is 36.4 Å². The molecular formula is C7H12Cl3N3. The van der Waals surface area contributed by atoms with Crippen LogP contribution in [-0.4, -0.2) is 29.0 Å². The zero-order valence-corrected chi connectivity index (χ0v) is 9.79. The number of hydrogen-bond donors (Lipinski definition) is 0. The normalized spacial score (nSPS) is 8.92. The minimum atomic E-state index is 0. The van der Waals surface area contributed by atoms with Gasteiger partial charge in [0.25, 0.3) is 0 Å². The Kier molecular flexibility index (Phi) is 8.67. The lowest BCUT2D eigenvalue weighted by atomic mass is 10.4. The van der Waals surface area contributed by atoms with Gasteiger partial charge in [-0.2, -0.15) is 0 Å². The summed E-state index contributed by atoms with van der Waals surface area (Å²) < 4.78 is 0. The molecular weight excluding hydrogens is 232 g/mol. The number of aromatic nitrogens is 2. The maximum atomic E-state index is 5.64. The summed E-state index contributed by atoms with van der Waals surface area (Å²) in [6.07, 6.45) is 3.24. The molecule has 1 aromatic rings. The van der Waals surface area contributed by atoms with E-state index in [1.165, 1.54) is 6.20 Å². The largest absolute Gasteiger partial charge is 0.304 e. The number of nitrogens with zero attached hydrogens (tertiary/aromatic N) is 3. The summed E-state index contributed by atoms with van der Waals surface area (Å²) in [6.45, 7) is 0.771. The van der Waals surface area contributed by atoms with Crippen LogP contribution in [0, 0.1) is 0 Å². The fraction of sp³-hybridized carbons (Fsp3) is 0.429. The van der Waals surface area contributed by atoms with Gasteiger partial charge in [-0.05, 0) is 14.1 Å². The molecule has 0 aliphatic carbocycles. The predicted octanol–water partition coefficient (Wildman–Crippen LogP) is 2.04. The van der Waals surface area contributed by atoms with Gasteiger partial charge in [-0.25, -0.2) is 4.98 Å². The van der Waals surface area contributed by atoms with Gasteiger partial charge >= 0.3 is 0 Å². The molecule has 0 bridgehead atoms. The molecule has 0 saturated carbocycles. The van der Waals surface area contributed by atoms with Gasteiger partial charge < -0.3 is 4.90 Å². The molecule has 0 atom stereocenters. The summed E-state index contributed by atoms with van der Waals surface area (Å²) in [5.74, 6) is 0. The topological polar surface area (TPSA) is 29.0 Å². The van der Waals surface area contributed by atoms with Gasteiger partial charge in [0.15, 0.2) is 0 Å². The Hall–Kier alpha value is -0.0900. The van der Waals surface area contributed by atoms with Gasteiger partial charge in [-0.15, -0.1) is 24.8 Å². The van der Waals surface area contributed by atoms with Crippen LogP contribution in [0.5, 0.6) is 0 Å². The summed E-state index contributed by atoms with van der Waals surface area (Å²) in [5, 5.41) is 0.448. The highest BCUT2D eigenvalue weighted by Crippen LogP contribution is 2.03. The second-order valence-corrected chi connectivity index (χ2v) is 2.96. The molecule has 0 aliphatic rings. The Bertz CT molecular complexity index is 242. The van der Waals surface area contributed by atoms with Crippen molar-refractivity contribution in [1.29, 1.82) is 0 Å². The van der Waals surface area contributed by atoms with Gasteiger partial charge in [0.05, 0.1) is 11.9 Å². The first-order valence-corrected chi connectivity index (χ1v) is 3.67. The van der Waals surface area contributed by atoms with Gasteiger partial charge in [-0.3, -0.25) is 4.98 Å². The Morgan fingerprint density at radius 2 is 1.92 bits per heavy atom. The van der Waals surface area contributed by atoms with E-state index < -0.39 is 0 Å². The number of hydrogen-bond acceptors (Lipinski definition) is 3. The molecule has 0 N–H and O–H groups in total. The maximum Gasteiger partial charge on any atom is 0.147 e. The van der Waals surface area contributed by atoms with Crippen LogP contribution in [0.4, 0.5) is 0 Å². The molecule has 0 aromatic carbocycles.